The van der Waals surface area contributed by atoms with Gasteiger partial charge in [0, 0.05) is 18.1 Å². The van der Waals surface area contributed by atoms with E-state index in [0.29, 0.717) is 10.9 Å². The molecule has 1 aromatic carbocycles. The Kier molecular flexibility index (Phi) is 6.79. The number of nitrogens with zero attached hydrogens (tertiary/aromatic N) is 1. The third-order valence-electron chi connectivity index (χ3n) is 6.82. The summed E-state index contributed by atoms with van der Waals surface area (Å²) in [6.45, 7) is 11.7. The highest BCUT2D eigenvalue weighted by Crippen LogP contribution is 2.52. The Morgan fingerprint density at radius 3 is 2.33 bits per heavy atom. The number of aliphatic hydroxyl groups is 1. The minimum atomic E-state index is -0.825. The number of carbonyl (C=O) groups is 1. The van der Waals surface area contributed by atoms with E-state index in [4.69, 9.17) is 16.3 Å². The van der Waals surface area contributed by atoms with Gasteiger partial charge in [-0.3, -0.25) is 0 Å². The number of hydrogen-bond donors (Lipinski definition) is 1. The normalized spacial score (nSPS) is 27.7. The summed E-state index contributed by atoms with van der Waals surface area (Å²) >= 11 is 6.10. The highest BCUT2D eigenvalue weighted by Gasteiger charge is 2.47. The first kappa shape index (κ1) is 23.4. The molecule has 4 nitrogen and oxygen atoms in total. The van der Waals surface area contributed by atoms with E-state index in [1.54, 1.807) is 0 Å². The summed E-state index contributed by atoms with van der Waals surface area (Å²) < 4.78 is 5.52. The zero-order valence-corrected chi connectivity index (χ0v) is 20.0. The molecule has 1 aromatic rings. The average Bonchev–Trinajstić information content (AvgIpc) is 2.63. The Labute approximate surface area is 186 Å². The van der Waals surface area contributed by atoms with Crippen LogP contribution in [0, 0.1) is 17.3 Å². The fraction of sp³-hybridized carbons (Fsp3) is 0.720. The van der Waals surface area contributed by atoms with Crippen LogP contribution in [0.1, 0.15) is 78.7 Å². The van der Waals surface area contributed by atoms with Crippen molar-refractivity contribution in [2.75, 3.05) is 13.1 Å². The predicted molar refractivity (Wildman–Crippen MR) is 122 cm³/mol. The summed E-state index contributed by atoms with van der Waals surface area (Å²) in [6.07, 6.45) is 5.65. The highest BCUT2D eigenvalue weighted by molar-refractivity contribution is 6.30. The van der Waals surface area contributed by atoms with E-state index in [1.165, 1.54) is 0 Å². The van der Waals surface area contributed by atoms with Crippen molar-refractivity contribution in [2.24, 2.45) is 17.3 Å². The molecular weight excluding hydrogens is 398 g/mol. The number of likely N-dealkylation sites (tertiary alicyclic amines) is 1. The Bertz CT molecular complexity index is 732. The number of piperidine rings is 1. The number of ether oxygens (including phenoxy) is 1. The number of benzene rings is 1. The van der Waals surface area contributed by atoms with Crippen LogP contribution in [0.3, 0.4) is 0 Å². The van der Waals surface area contributed by atoms with Crippen LogP contribution in [0.25, 0.3) is 0 Å². The van der Waals surface area contributed by atoms with Crippen LogP contribution in [0.5, 0.6) is 0 Å². The first-order valence-corrected chi connectivity index (χ1v) is 11.7. The summed E-state index contributed by atoms with van der Waals surface area (Å²) in [4.78, 5) is 14.2. The topological polar surface area (TPSA) is 49.8 Å². The number of hydrogen-bond acceptors (Lipinski definition) is 3. The minimum absolute atomic E-state index is 0.116. The summed E-state index contributed by atoms with van der Waals surface area (Å²) in [7, 11) is 0. The molecule has 2 aliphatic rings. The standard InChI is InChI=1S/C25H38ClNO3/c1-23(2,3)30-22(28)27-14-11-18(12-15-27)16-20-10-13-24(4,5)17-25(20,29)19-6-8-21(26)9-7-19/h6-9,18,20,29H,10-17H2,1-5H3. The molecule has 0 radical (unpaired) electrons. The third-order valence-corrected chi connectivity index (χ3v) is 7.07. The highest BCUT2D eigenvalue weighted by atomic mass is 35.5. The lowest BCUT2D eigenvalue weighted by Gasteiger charge is -2.49. The summed E-state index contributed by atoms with van der Waals surface area (Å²) in [5.74, 6) is 0.749. The summed E-state index contributed by atoms with van der Waals surface area (Å²) in [5, 5.41) is 12.6. The summed E-state index contributed by atoms with van der Waals surface area (Å²) in [5.41, 5.74) is -0.187. The number of halogens is 1. The fourth-order valence-electron chi connectivity index (χ4n) is 5.24. The van der Waals surface area contributed by atoms with Crippen molar-refractivity contribution in [2.45, 2.75) is 84.3 Å². The second-order valence-corrected chi connectivity index (χ2v) is 11.6. The maximum absolute atomic E-state index is 12.4. The average molecular weight is 436 g/mol. The maximum atomic E-state index is 12.4. The zero-order chi connectivity index (χ0) is 22.2. The first-order chi connectivity index (χ1) is 13.9. The van der Waals surface area contributed by atoms with E-state index in [1.807, 2.05) is 49.9 Å². The van der Waals surface area contributed by atoms with Gasteiger partial charge in [-0.1, -0.05) is 37.6 Å². The van der Waals surface area contributed by atoms with Gasteiger partial charge in [0.1, 0.15) is 5.60 Å². The lowest BCUT2D eigenvalue weighted by molar-refractivity contribution is -0.101. The van der Waals surface area contributed by atoms with Crippen LogP contribution >= 0.6 is 11.6 Å². The van der Waals surface area contributed by atoms with E-state index in [9.17, 15) is 9.90 Å². The van der Waals surface area contributed by atoms with Crippen molar-refractivity contribution >= 4 is 17.7 Å². The molecule has 1 aliphatic carbocycles. The molecule has 1 N–H and O–H groups in total. The van der Waals surface area contributed by atoms with Crippen molar-refractivity contribution in [3.05, 3.63) is 34.9 Å². The molecule has 5 heteroatoms. The molecule has 0 bridgehead atoms. The lowest BCUT2D eigenvalue weighted by atomic mass is 9.60. The van der Waals surface area contributed by atoms with Crippen molar-refractivity contribution in [3.63, 3.8) is 0 Å². The van der Waals surface area contributed by atoms with Crippen LogP contribution in [0.4, 0.5) is 4.79 Å². The Morgan fingerprint density at radius 1 is 1.17 bits per heavy atom. The van der Waals surface area contributed by atoms with Gasteiger partial charge in [0.25, 0.3) is 0 Å². The largest absolute Gasteiger partial charge is 0.444 e. The number of rotatable bonds is 3. The van der Waals surface area contributed by atoms with Crippen LogP contribution in [-0.4, -0.2) is 34.8 Å². The quantitative estimate of drug-likeness (QED) is 0.598. The molecule has 0 spiro atoms. The molecule has 1 saturated heterocycles. The molecule has 1 saturated carbocycles. The van der Waals surface area contributed by atoms with Crippen LogP contribution in [0.2, 0.25) is 5.02 Å². The fourth-order valence-corrected chi connectivity index (χ4v) is 5.36. The molecule has 2 atom stereocenters. The Morgan fingerprint density at radius 2 is 1.77 bits per heavy atom. The molecule has 168 valence electrons. The second-order valence-electron chi connectivity index (χ2n) is 11.2. The maximum Gasteiger partial charge on any atom is 0.410 e. The van der Waals surface area contributed by atoms with E-state index in [0.717, 1.165) is 57.2 Å². The molecule has 1 heterocycles. The van der Waals surface area contributed by atoms with Gasteiger partial charge >= 0.3 is 6.09 Å². The van der Waals surface area contributed by atoms with Crippen molar-refractivity contribution in [1.82, 2.24) is 4.90 Å². The van der Waals surface area contributed by atoms with Gasteiger partial charge in [-0.25, -0.2) is 4.79 Å². The van der Waals surface area contributed by atoms with Crippen LogP contribution in [-0.2, 0) is 10.3 Å². The van der Waals surface area contributed by atoms with Gasteiger partial charge in [0.15, 0.2) is 0 Å². The molecule has 30 heavy (non-hydrogen) atoms. The molecule has 2 fully saturated rings. The van der Waals surface area contributed by atoms with E-state index in [2.05, 4.69) is 13.8 Å². The van der Waals surface area contributed by atoms with E-state index < -0.39 is 11.2 Å². The van der Waals surface area contributed by atoms with Gasteiger partial charge < -0.3 is 14.7 Å². The zero-order valence-electron chi connectivity index (χ0n) is 19.2. The third kappa shape index (κ3) is 5.70. The van der Waals surface area contributed by atoms with Gasteiger partial charge in [-0.05, 0) is 94.2 Å². The van der Waals surface area contributed by atoms with Crippen LogP contribution in [0.15, 0.2) is 24.3 Å². The van der Waals surface area contributed by atoms with Crippen molar-refractivity contribution in [1.29, 1.82) is 0 Å². The summed E-state index contributed by atoms with van der Waals surface area (Å²) in [6, 6.07) is 7.74. The lowest BCUT2D eigenvalue weighted by Crippen LogP contribution is -2.46. The molecule has 1 aliphatic heterocycles. The van der Waals surface area contributed by atoms with Crippen molar-refractivity contribution in [3.8, 4) is 0 Å². The second kappa shape index (κ2) is 8.70. The van der Waals surface area contributed by atoms with E-state index >= 15 is 0 Å². The first-order valence-electron chi connectivity index (χ1n) is 11.3. The van der Waals surface area contributed by atoms with Crippen LogP contribution < -0.4 is 0 Å². The number of carbonyl (C=O) groups excluding carboxylic acids is 1. The smallest absolute Gasteiger partial charge is 0.410 e. The Balaban J connectivity index is 1.66. The van der Waals surface area contributed by atoms with E-state index in [-0.39, 0.29) is 17.4 Å². The SMILES string of the molecule is CC1(C)CCC(CC2CCN(C(=O)OC(C)(C)C)CC2)C(O)(c2ccc(Cl)cc2)C1. The predicted octanol–water partition coefficient (Wildman–Crippen LogP) is 6.39. The molecule has 1 amide bonds. The molecular formula is C25H38ClNO3. The van der Waals surface area contributed by atoms with Gasteiger partial charge in [0.05, 0.1) is 5.60 Å². The molecule has 2 unspecified atom stereocenters. The molecule has 3 rings (SSSR count). The minimum Gasteiger partial charge on any atom is -0.444 e. The number of amides is 1. The van der Waals surface area contributed by atoms with Gasteiger partial charge in [-0.15, -0.1) is 0 Å². The Hall–Kier alpha value is -1.26. The van der Waals surface area contributed by atoms with Gasteiger partial charge in [-0.2, -0.15) is 0 Å². The molecule has 0 aromatic heterocycles. The van der Waals surface area contributed by atoms with Crippen molar-refractivity contribution < 1.29 is 14.6 Å². The van der Waals surface area contributed by atoms with Gasteiger partial charge in [0.2, 0.25) is 0 Å². The monoisotopic (exact) mass is 435 g/mol.